The van der Waals surface area contributed by atoms with Crippen LogP contribution in [0.1, 0.15) is 27.2 Å². The lowest BCUT2D eigenvalue weighted by molar-refractivity contribution is 0.0990. The van der Waals surface area contributed by atoms with Crippen molar-refractivity contribution in [2.24, 2.45) is 0 Å². The van der Waals surface area contributed by atoms with Crippen LogP contribution in [-0.2, 0) is 13.0 Å². The van der Waals surface area contributed by atoms with Crippen LogP contribution in [0.5, 0.6) is 23.1 Å². The minimum absolute atomic E-state index is 0.0859. The summed E-state index contributed by atoms with van der Waals surface area (Å²) in [5.74, 6) is -1.09. The number of pyridine rings is 3. The first kappa shape index (κ1) is 30.3. The first-order chi connectivity index (χ1) is 21.1. The molecule has 0 aliphatic heterocycles. The van der Waals surface area contributed by atoms with Crippen molar-refractivity contribution in [3.63, 3.8) is 0 Å². The lowest BCUT2D eigenvalue weighted by Gasteiger charge is -2.16. The van der Waals surface area contributed by atoms with Crippen LogP contribution in [0.2, 0.25) is 0 Å². The lowest BCUT2D eigenvalue weighted by Crippen LogP contribution is -2.25. The third kappa shape index (κ3) is 5.85. The molecular formula is C33H28F3N3O5. The number of aryl methyl sites for hydroxylation is 2. The number of ketones is 1. The first-order valence-electron chi connectivity index (χ1n) is 13.6. The fourth-order valence-corrected chi connectivity index (χ4v) is 4.94. The third-order valence-electron chi connectivity index (χ3n) is 7.22. The SMILES string of the molecule is COc1cc2nccc(Oc3ccc(CC(=O)c4c(C)n(CCF)cc(-c5ccc(F)c(C)c5)c4=O)cc3F)c2nc1OC. The molecule has 5 rings (SSSR count). The fraction of sp³-hybridized carbons (Fsp3) is 0.212. The van der Waals surface area contributed by atoms with Gasteiger partial charge in [-0.2, -0.15) is 0 Å². The van der Waals surface area contributed by atoms with Crippen LogP contribution in [0.15, 0.2) is 65.7 Å². The van der Waals surface area contributed by atoms with Crippen molar-refractivity contribution in [1.29, 1.82) is 0 Å². The lowest BCUT2D eigenvalue weighted by atomic mass is 9.96. The van der Waals surface area contributed by atoms with E-state index in [1.807, 2.05) is 0 Å². The van der Waals surface area contributed by atoms with Gasteiger partial charge in [-0.15, -0.1) is 0 Å². The quantitative estimate of drug-likeness (QED) is 0.167. The van der Waals surface area contributed by atoms with Gasteiger partial charge in [-0.25, -0.2) is 18.2 Å². The summed E-state index contributed by atoms with van der Waals surface area (Å²) in [5.41, 5.74) is 1.48. The van der Waals surface area contributed by atoms with E-state index in [1.54, 1.807) is 19.9 Å². The number of hydrogen-bond donors (Lipinski definition) is 0. The Hall–Kier alpha value is -5.19. The topological polar surface area (TPSA) is 92.5 Å². The monoisotopic (exact) mass is 603 g/mol. The first-order valence-corrected chi connectivity index (χ1v) is 13.6. The molecule has 0 radical (unpaired) electrons. The molecule has 0 saturated heterocycles. The van der Waals surface area contributed by atoms with Crippen LogP contribution in [0.4, 0.5) is 13.2 Å². The van der Waals surface area contributed by atoms with Crippen LogP contribution in [0, 0.1) is 25.5 Å². The molecule has 3 aromatic heterocycles. The highest BCUT2D eigenvalue weighted by atomic mass is 19.1. The summed E-state index contributed by atoms with van der Waals surface area (Å²) in [4.78, 5) is 35.7. The number of carbonyl (C=O) groups excluding carboxylic acids is 1. The fourth-order valence-electron chi connectivity index (χ4n) is 4.94. The Morgan fingerprint density at radius 1 is 0.932 bits per heavy atom. The molecule has 226 valence electrons. The Balaban J connectivity index is 1.46. The van der Waals surface area contributed by atoms with Gasteiger partial charge in [0.2, 0.25) is 0 Å². The normalized spacial score (nSPS) is 11.1. The number of nitrogens with zero attached hydrogens (tertiary/aromatic N) is 3. The van der Waals surface area contributed by atoms with Gasteiger partial charge in [0.05, 0.1) is 31.8 Å². The van der Waals surface area contributed by atoms with Gasteiger partial charge >= 0.3 is 0 Å². The van der Waals surface area contributed by atoms with E-state index >= 15 is 4.39 Å². The van der Waals surface area contributed by atoms with Gasteiger partial charge in [0.1, 0.15) is 18.0 Å². The molecule has 8 nitrogen and oxygen atoms in total. The molecule has 5 aromatic rings. The molecular weight excluding hydrogens is 575 g/mol. The predicted octanol–water partition coefficient (Wildman–Crippen LogP) is 6.56. The van der Waals surface area contributed by atoms with Gasteiger partial charge in [0.15, 0.2) is 34.3 Å². The number of aromatic nitrogens is 3. The Kier molecular flexibility index (Phi) is 8.66. The van der Waals surface area contributed by atoms with Gasteiger partial charge in [-0.3, -0.25) is 14.6 Å². The number of benzene rings is 2. The highest BCUT2D eigenvalue weighted by Gasteiger charge is 2.22. The molecule has 0 fully saturated rings. The molecule has 0 saturated carbocycles. The summed E-state index contributed by atoms with van der Waals surface area (Å²) in [6.45, 7) is 2.30. The third-order valence-corrected chi connectivity index (χ3v) is 7.22. The van der Waals surface area contributed by atoms with E-state index in [1.165, 1.54) is 67.6 Å². The molecule has 44 heavy (non-hydrogen) atoms. The number of hydrogen-bond acceptors (Lipinski definition) is 7. The molecule has 0 unspecified atom stereocenters. The average molecular weight is 604 g/mol. The number of rotatable bonds is 10. The van der Waals surface area contributed by atoms with Crippen LogP contribution < -0.4 is 19.6 Å². The maximum Gasteiger partial charge on any atom is 0.257 e. The molecule has 0 N–H and O–H groups in total. The molecule has 0 aliphatic rings. The molecule has 0 atom stereocenters. The van der Waals surface area contributed by atoms with Crippen molar-refractivity contribution in [2.45, 2.75) is 26.8 Å². The summed E-state index contributed by atoms with van der Waals surface area (Å²) < 4.78 is 60.4. The molecule has 3 heterocycles. The summed E-state index contributed by atoms with van der Waals surface area (Å²) in [6.07, 6.45) is 2.65. The van der Waals surface area contributed by atoms with Crippen LogP contribution >= 0.6 is 0 Å². The predicted molar refractivity (Wildman–Crippen MR) is 159 cm³/mol. The number of carbonyl (C=O) groups is 1. The number of methoxy groups -OCH3 is 2. The Labute approximate surface area is 250 Å². The minimum Gasteiger partial charge on any atom is -0.491 e. The Bertz CT molecular complexity index is 1960. The van der Waals surface area contributed by atoms with E-state index in [9.17, 15) is 18.4 Å². The van der Waals surface area contributed by atoms with Gasteiger partial charge in [0, 0.05) is 42.2 Å². The number of Topliss-reactive ketones (excluding diaryl/α,β-unsaturated/α-hetero) is 1. The van der Waals surface area contributed by atoms with Crippen LogP contribution in [-0.4, -0.2) is 41.2 Å². The molecule has 0 spiro atoms. The van der Waals surface area contributed by atoms with Gasteiger partial charge < -0.3 is 18.8 Å². The summed E-state index contributed by atoms with van der Waals surface area (Å²) in [7, 11) is 2.91. The molecule has 0 bridgehead atoms. The zero-order chi connectivity index (χ0) is 31.5. The van der Waals surface area contributed by atoms with Crippen molar-refractivity contribution in [3.8, 4) is 34.3 Å². The second-order valence-electron chi connectivity index (χ2n) is 10.0. The van der Waals surface area contributed by atoms with E-state index in [4.69, 9.17) is 14.2 Å². The smallest absolute Gasteiger partial charge is 0.257 e. The van der Waals surface area contributed by atoms with Crippen LogP contribution in [0.3, 0.4) is 0 Å². The maximum atomic E-state index is 15.3. The summed E-state index contributed by atoms with van der Waals surface area (Å²) >= 11 is 0. The number of halogens is 3. The van der Waals surface area contributed by atoms with Crippen LogP contribution in [0.25, 0.3) is 22.2 Å². The molecule has 11 heteroatoms. The standard InChI is InChI=1S/C33H28F3N3O5/c1-18-13-21(6-7-23(18)35)22-17-39(12-10-34)19(2)30(32(22)41)26(40)15-20-5-8-27(24(36)14-20)44-28-9-11-37-25-16-29(42-3)33(43-4)38-31(25)28/h5-9,11,13-14,16-17H,10,12,15H2,1-4H3. The van der Waals surface area contributed by atoms with Gasteiger partial charge in [0.25, 0.3) is 5.88 Å². The number of ether oxygens (including phenoxy) is 3. The minimum atomic E-state index is -0.747. The maximum absolute atomic E-state index is 15.3. The van der Waals surface area contributed by atoms with Crippen molar-refractivity contribution >= 4 is 16.8 Å². The van der Waals surface area contributed by atoms with E-state index in [0.717, 1.165) is 6.07 Å². The van der Waals surface area contributed by atoms with E-state index in [2.05, 4.69) is 9.97 Å². The zero-order valence-corrected chi connectivity index (χ0v) is 24.4. The second kappa shape index (κ2) is 12.6. The number of alkyl halides is 1. The Morgan fingerprint density at radius 3 is 2.41 bits per heavy atom. The van der Waals surface area contributed by atoms with E-state index in [-0.39, 0.29) is 47.2 Å². The van der Waals surface area contributed by atoms with Crippen molar-refractivity contribution < 1.29 is 32.2 Å². The highest BCUT2D eigenvalue weighted by molar-refractivity contribution is 5.99. The summed E-state index contributed by atoms with van der Waals surface area (Å²) in [5, 5.41) is 0. The molecule has 0 aliphatic carbocycles. The van der Waals surface area contributed by atoms with Crippen molar-refractivity contribution in [1.82, 2.24) is 14.5 Å². The zero-order valence-electron chi connectivity index (χ0n) is 24.4. The number of fused-ring (bicyclic) bond motifs is 1. The largest absolute Gasteiger partial charge is 0.491 e. The van der Waals surface area contributed by atoms with Gasteiger partial charge in [-0.05, 0) is 54.8 Å². The summed E-state index contributed by atoms with van der Waals surface area (Å²) in [6, 6.07) is 11.3. The van der Waals surface area contributed by atoms with E-state index in [0.29, 0.717) is 33.5 Å². The van der Waals surface area contributed by atoms with Crippen molar-refractivity contribution in [2.75, 3.05) is 20.9 Å². The molecule has 2 aromatic carbocycles. The average Bonchev–Trinajstić information content (AvgIpc) is 3.00. The van der Waals surface area contributed by atoms with E-state index < -0.39 is 29.5 Å². The second-order valence-corrected chi connectivity index (χ2v) is 10.0. The highest BCUT2D eigenvalue weighted by Crippen LogP contribution is 2.35. The van der Waals surface area contributed by atoms with Crippen molar-refractivity contribution in [3.05, 3.63) is 105 Å². The molecule has 0 amide bonds. The van der Waals surface area contributed by atoms with Gasteiger partial charge in [-0.1, -0.05) is 12.1 Å². The Morgan fingerprint density at radius 2 is 1.73 bits per heavy atom.